The van der Waals surface area contributed by atoms with E-state index in [2.05, 4.69) is 0 Å². The summed E-state index contributed by atoms with van der Waals surface area (Å²) < 4.78 is 9.99. The number of hydrogen-bond acceptors (Lipinski definition) is 4. The molecule has 17 heavy (non-hydrogen) atoms. The summed E-state index contributed by atoms with van der Waals surface area (Å²) in [4.78, 5) is 23.7. The number of carboxylic acids is 1. The molecule has 0 radical (unpaired) electrons. The van der Waals surface area contributed by atoms with Crippen molar-refractivity contribution in [3.05, 3.63) is 23.7 Å². The normalized spacial score (nSPS) is 10.2. The maximum absolute atomic E-state index is 11.9. The van der Waals surface area contributed by atoms with Crippen molar-refractivity contribution in [3.63, 3.8) is 0 Å². The van der Waals surface area contributed by atoms with E-state index >= 15 is 0 Å². The van der Waals surface area contributed by atoms with Gasteiger partial charge in [0.2, 0.25) is 0 Å². The SMILES string of the molecule is COCCN(CC(=O)O)C(=O)c1ccc(C)o1. The van der Waals surface area contributed by atoms with Gasteiger partial charge in [-0.2, -0.15) is 0 Å². The highest BCUT2D eigenvalue weighted by Crippen LogP contribution is 2.09. The van der Waals surface area contributed by atoms with E-state index in [0.717, 1.165) is 0 Å². The lowest BCUT2D eigenvalue weighted by molar-refractivity contribution is -0.137. The number of hydrogen-bond donors (Lipinski definition) is 1. The summed E-state index contributed by atoms with van der Waals surface area (Å²) >= 11 is 0. The van der Waals surface area contributed by atoms with E-state index in [9.17, 15) is 9.59 Å². The van der Waals surface area contributed by atoms with Gasteiger partial charge in [0.05, 0.1) is 6.61 Å². The Morgan fingerprint density at radius 2 is 2.18 bits per heavy atom. The lowest BCUT2D eigenvalue weighted by atomic mass is 10.3. The van der Waals surface area contributed by atoms with Gasteiger partial charge >= 0.3 is 5.97 Å². The van der Waals surface area contributed by atoms with Crippen LogP contribution in [0.1, 0.15) is 16.3 Å². The number of carbonyl (C=O) groups excluding carboxylic acids is 1. The molecule has 6 nitrogen and oxygen atoms in total. The van der Waals surface area contributed by atoms with E-state index in [1.54, 1.807) is 13.0 Å². The number of aliphatic carboxylic acids is 1. The Morgan fingerprint density at radius 1 is 1.47 bits per heavy atom. The van der Waals surface area contributed by atoms with Gasteiger partial charge in [-0.1, -0.05) is 0 Å². The van der Waals surface area contributed by atoms with Crippen LogP contribution in [0, 0.1) is 6.92 Å². The van der Waals surface area contributed by atoms with Crippen LogP contribution in [-0.2, 0) is 9.53 Å². The highest BCUT2D eigenvalue weighted by Gasteiger charge is 2.20. The predicted molar refractivity (Wildman–Crippen MR) is 58.9 cm³/mol. The Labute approximate surface area is 98.8 Å². The number of rotatable bonds is 6. The molecule has 0 aliphatic heterocycles. The molecule has 1 rings (SSSR count). The molecule has 1 N–H and O–H groups in total. The Morgan fingerprint density at radius 3 is 2.65 bits per heavy atom. The minimum absolute atomic E-state index is 0.139. The molecule has 1 aromatic heterocycles. The van der Waals surface area contributed by atoms with Gasteiger partial charge in [-0.05, 0) is 19.1 Å². The molecular formula is C11H15NO5. The van der Waals surface area contributed by atoms with Crippen LogP contribution in [0.25, 0.3) is 0 Å². The van der Waals surface area contributed by atoms with Gasteiger partial charge in [0.1, 0.15) is 12.3 Å². The van der Waals surface area contributed by atoms with Crippen LogP contribution >= 0.6 is 0 Å². The van der Waals surface area contributed by atoms with Gasteiger partial charge in [-0.25, -0.2) is 0 Å². The fourth-order valence-electron chi connectivity index (χ4n) is 1.32. The van der Waals surface area contributed by atoms with Crippen molar-refractivity contribution in [2.75, 3.05) is 26.8 Å². The Balaban J connectivity index is 2.74. The molecular weight excluding hydrogens is 226 g/mol. The van der Waals surface area contributed by atoms with Crippen LogP contribution < -0.4 is 0 Å². The van der Waals surface area contributed by atoms with Crippen LogP contribution in [0.3, 0.4) is 0 Å². The molecule has 0 atom stereocenters. The molecule has 1 amide bonds. The lowest BCUT2D eigenvalue weighted by Crippen LogP contribution is -2.37. The van der Waals surface area contributed by atoms with Crippen molar-refractivity contribution in [2.24, 2.45) is 0 Å². The lowest BCUT2D eigenvalue weighted by Gasteiger charge is -2.18. The number of carbonyl (C=O) groups is 2. The fraction of sp³-hybridized carbons (Fsp3) is 0.455. The largest absolute Gasteiger partial charge is 0.480 e. The summed E-state index contributed by atoms with van der Waals surface area (Å²) in [6.07, 6.45) is 0. The topological polar surface area (TPSA) is 80.0 Å². The quantitative estimate of drug-likeness (QED) is 0.795. The van der Waals surface area contributed by atoms with Gasteiger partial charge in [-0.3, -0.25) is 9.59 Å². The second-order valence-corrected chi connectivity index (χ2v) is 3.52. The minimum Gasteiger partial charge on any atom is -0.480 e. The third-order valence-corrected chi connectivity index (χ3v) is 2.13. The maximum Gasteiger partial charge on any atom is 0.323 e. The van der Waals surface area contributed by atoms with E-state index < -0.39 is 11.9 Å². The third-order valence-electron chi connectivity index (χ3n) is 2.13. The van der Waals surface area contributed by atoms with E-state index in [0.29, 0.717) is 5.76 Å². The first-order valence-corrected chi connectivity index (χ1v) is 5.11. The first kappa shape index (κ1) is 13.2. The van der Waals surface area contributed by atoms with Crippen LogP contribution in [0.2, 0.25) is 0 Å². The number of amides is 1. The van der Waals surface area contributed by atoms with Gasteiger partial charge in [0.15, 0.2) is 5.76 Å². The number of carboxylic acid groups (broad SMARTS) is 1. The van der Waals surface area contributed by atoms with E-state index in [-0.39, 0.29) is 25.5 Å². The molecule has 1 heterocycles. The van der Waals surface area contributed by atoms with Crippen LogP contribution in [0.15, 0.2) is 16.5 Å². The molecule has 0 bridgehead atoms. The second-order valence-electron chi connectivity index (χ2n) is 3.52. The minimum atomic E-state index is -1.07. The van der Waals surface area contributed by atoms with Gasteiger partial charge < -0.3 is 19.2 Å². The molecule has 0 fully saturated rings. The maximum atomic E-state index is 11.9. The zero-order chi connectivity index (χ0) is 12.8. The monoisotopic (exact) mass is 241 g/mol. The highest BCUT2D eigenvalue weighted by molar-refractivity contribution is 5.93. The number of aryl methyl sites for hydroxylation is 1. The summed E-state index contributed by atoms with van der Waals surface area (Å²) in [6.45, 7) is 1.83. The highest BCUT2D eigenvalue weighted by atomic mass is 16.5. The Hall–Kier alpha value is -1.82. The molecule has 1 aromatic rings. The number of ether oxygens (including phenoxy) is 1. The van der Waals surface area contributed by atoms with Gasteiger partial charge in [0, 0.05) is 13.7 Å². The Kier molecular flexibility index (Phi) is 4.71. The summed E-state index contributed by atoms with van der Waals surface area (Å²) in [5.41, 5.74) is 0. The smallest absolute Gasteiger partial charge is 0.323 e. The van der Waals surface area contributed by atoms with Crippen LogP contribution in [-0.4, -0.2) is 48.7 Å². The Bertz CT molecular complexity index is 398. The average Bonchev–Trinajstić information content (AvgIpc) is 2.69. The first-order chi connectivity index (χ1) is 8.04. The number of nitrogens with zero attached hydrogens (tertiary/aromatic N) is 1. The van der Waals surface area contributed by atoms with Crippen molar-refractivity contribution in [2.45, 2.75) is 6.92 Å². The van der Waals surface area contributed by atoms with Crippen LogP contribution in [0.5, 0.6) is 0 Å². The van der Waals surface area contributed by atoms with Crippen molar-refractivity contribution in [3.8, 4) is 0 Å². The van der Waals surface area contributed by atoms with Crippen LogP contribution in [0.4, 0.5) is 0 Å². The molecule has 0 aliphatic carbocycles. The summed E-state index contributed by atoms with van der Waals surface area (Å²) in [6, 6.07) is 3.18. The summed E-state index contributed by atoms with van der Waals surface area (Å²) in [5, 5.41) is 8.72. The third kappa shape index (κ3) is 3.92. The summed E-state index contributed by atoms with van der Waals surface area (Å²) in [7, 11) is 1.49. The molecule has 0 spiro atoms. The standard InChI is InChI=1S/C11H15NO5/c1-8-3-4-9(17-8)11(15)12(5-6-16-2)7-10(13)14/h3-4H,5-7H2,1-2H3,(H,13,14). The van der Waals surface area contributed by atoms with Crippen molar-refractivity contribution >= 4 is 11.9 Å². The number of methoxy groups -OCH3 is 1. The fourth-order valence-corrected chi connectivity index (χ4v) is 1.32. The van der Waals surface area contributed by atoms with E-state index in [1.807, 2.05) is 0 Å². The molecule has 0 aromatic carbocycles. The molecule has 0 aliphatic rings. The van der Waals surface area contributed by atoms with E-state index in [1.165, 1.54) is 18.1 Å². The average molecular weight is 241 g/mol. The van der Waals surface area contributed by atoms with Crippen molar-refractivity contribution in [1.82, 2.24) is 4.90 Å². The van der Waals surface area contributed by atoms with E-state index in [4.69, 9.17) is 14.3 Å². The molecule has 0 unspecified atom stereocenters. The molecule has 0 saturated carbocycles. The zero-order valence-corrected chi connectivity index (χ0v) is 9.80. The molecule has 94 valence electrons. The predicted octanol–water partition coefficient (Wildman–Crippen LogP) is 0.761. The molecule has 0 saturated heterocycles. The molecule has 6 heteroatoms. The number of furan rings is 1. The van der Waals surface area contributed by atoms with Gasteiger partial charge in [0.25, 0.3) is 5.91 Å². The van der Waals surface area contributed by atoms with Gasteiger partial charge in [-0.15, -0.1) is 0 Å². The summed E-state index contributed by atoms with van der Waals surface area (Å²) in [5.74, 6) is -0.773. The first-order valence-electron chi connectivity index (χ1n) is 5.11. The second kappa shape index (κ2) is 6.05. The van der Waals surface area contributed by atoms with Crippen molar-refractivity contribution in [1.29, 1.82) is 0 Å². The zero-order valence-electron chi connectivity index (χ0n) is 9.80. The van der Waals surface area contributed by atoms with Crippen molar-refractivity contribution < 1.29 is 23.8 Å².